The van der Waals surface area contributed by atoms with Crippen LogP contribution in [-0.2, 0) is 0 Å². The molecule has 0 saturated heterocycles. The first kappa shape index (κ1) is 22.4. The van der Waals surface area contributed by atoms with Crippen LogP contribution in [0.2, 0.25) is 0 Å². The second kappa shape index (κ2) is 9.77. The van der Waals surface area contributed by atoms with Crippen molar-refractivity contribution < 1.29 is 4.79 Å². The number of nitrogens with one attached hydrogen (secondary N) is 1. The minimum absolute atomic E-state index is 0.0832. The maximum absolute atomic E-state index is 11.8. The van der Waals surface area contributed by atoms with Gasteiger partial charge in [-0.3, -0.25) is 0 Å². The summed E-state index contributed by atoms with van der Waals surface area (Å²) in [5.41, 5.74) is 12.1. The highest BCUT2D eigenvalue weighted by Crippen LogP contribution is 2.66. The number of carbonyl (C=O) groups is 1. The van der Waals surface area contributed by atoms with Crippen molar-refractivity contribution in [2.24, 2.45) is 17.1 Å². The molecular formula is C29H36N2O. The van der Waals surface area contributed by atoms with Gasteiger partial charge in [-0.2, -0.15) is 0 Å². The van der Waals surface area contributed by atoms with Crippen molar-refractivity contribution in [2.45, 2.75) is 64.3 Å². The molecule has 3 heteroatoms. The summed E-state index contributed by atoms with van der Waals surface area (Å²) < 4.78 is 0. The summed E-state index contributed by atoms with van der Waals surface area (Å²) >= 11 is 0. The van der Waals surface area contributed by atoms with Crippen LogP contribution in [0.25, 0.3) is 11.1 Å². The molecule has 2 aromatic rings. The van der Waals surface area contributed by atoms with E-state index in [0.29, 0.717) is 5.92 Å². The largest absolute Gasteiger partial charge is 0.352 e. The number of amides is 2. The van der Waals surface area contributed by atoms with Crippen LogP contribution in [-0.4, -0.2) is 12.1 Å². The number of unbranched alkanes of at least 4 members (excludes halogenated alkanes) is 3. The first-order valence-corrected chi connectivity index (χ1v) is 12.2. The number of allylic oxidation sites excluding steroid dienone is 3. The third-order valence-electron chi connectivity index (χ3n) is 7.62. The molecule has 0 radical (unpaired) electrons. The third-order valence-corrected chi connectivity index (χ3v) is 7.62. The van der Waals surface area contributed by atoms with Crippen molar-refractivity contribution in [3.63, 3.8) is 0 Å². The lowest BCUT2D eigenvalue weighted by atomic mass is 9.66. The highest BCUT2D eigenvalue weighted by atomic mass is 16.2. The van der Waals surface area contributed by atoms with E-state index in [9.17, 15) is 4.79 Å². The average Bonchev–Trinajstić information content (AvgIpc) is 3.32. The summed E-state index contributed by atoms with van der Waals surface area (Å²) in [7, 11) is 0. The van der Waals surface area contributed by atoms with E-state index >= 15 is 0 Å². The smallest absolute Gasteiger partial charge is 0.312 e. The highest BCUT2D eigenvalue weighted by molar-refractivity contribution is 5.90. The van der Waals surface area contributed by atoms with Crippen molar-refractivity contribution in [3.8, 4) is 0 Å². The van der Waals surface area contributed by atoms with Crippen LogP contribution in [0, 0.1) is 11.3 Å². The lowest BCUT2D eigenvalue weighted by molar-refractivity contribution is 0.239. The van der Waals surface area contributed by atoms with Gasteiger partial charge in [-0.25, -0.2) is 4.79 Å². The molecule has 2 aromatic carbocycles. The van der Waals surface area contributed by atoms with Gasteiger partial charge in [0.25, 0.3) is 0 Å². The molecule has 2 aliphatic rings. The Labute approximate surface area is 192 Å². The van der Waals surface area contributed by atoms with Gasteiger partial charge in [-0.15, -0.1) is 0 Å². The van der Waals surface area contributed by atoms with Crippen molar-refractivity contribution in [1.29, 1.82) is 0 Å². The lowest BCUT2D eigenvalue weighted by Gasteiger charge is -2.37. The fourth-order valence-electron chi connectivity index (χ4n) is 6.26. The Morgan fingerprint density at radius 1 is 1.06 bits per heavy atom. The molecule has 3 nitrogen and oxygen atoms in total. The molecule has 0 aliphatic heterocycles. The maximum atomic E-state index is 11.8. The van der Waals surface area contributed by atoms with Gasteiger partial charge in [0.1, 0.15) is 0 Å². The Morgan fingerprint density at radius 3 is 2.41 bits per heavy atom. The molecule has 0 bridgehead atoms. The van der Waals surface area contributed by atoms with E-state index in [1.165, 1.54) is 48.0 Å². The standard InChI is InChI=1S/C29H36N2O/c1-3-4-5-8-17-24-20-25-26(31-28(30)32)18-19-29(25,21(2)22-13-9-6-10-14-22)27(24)23-15-11-7-12-16-23/h6-7,9-16,25-26H,2-5,8,17-20H2,1H3,(H3,30,31,32)/t25-,26+,29-/m0/s1. The van der Waals surface area contributed by atoms with Gasteiger partial charge in [0.05, 0.1) is 0 Å². The molecule has 1 fully saturated rings. The van der Waals surface area contributed by atoms with Crippen molar-refractivity contribution in [2.75, 3.05) is 0 Å². The number of nitrogens with two attached hydrogens (primary N) is 1. The SMILES string of the molecule is C=C(c1ccccc1)[C@@]12CC[C@@H](NC(N)=O)[C@@H]1CC(CCCCCC)=C2c1ccccc1. The van der Waals surface area contributed by atoms with Crippen LogP contribution in [0.3, 0.4) is 0 Å². The second-order valence-corrected chi connectivity index (χ2v) is 9.44. The summed E-state index contributed by atoms with van der Waals surface area (Å²) in [4.78, 5) is 11.8. The van der Waals surface area contributed by atoms with Crippen molar-refractivity contribution in [1.82, 2.24) is 5.32 Å². The number of urea groups is 1. The first-order valence-electron chi connectivity index (χ1n) is 12.2. The maximum Gasteiger partial charge on any atom is 0.312 e. The minimum atomic E-state index is -0.422. The van der Waals surface area contributed by atoms with E-state index in [2.05, 4.69) is 72.9 Å². The second-order valence-electron chi connectivity index (χ2n) is 9.44. The summed E-state index contributed by atoms with van der Waals surface area (Å²) in [6.07, 6.45) is 9.05. The monoisotopic (exact) mass is 428 g/mol. The zero-order valence-electron chi connectivity index (χ0n) is 19.3. The van der Waals surface area contributed by atoms with Gasteiger partial charge in [0.2, 0.25) is 0 Å². The predicted molar refractivity (Wildman–Crippen MR) is 134 cm³/mol. The van der Waals surface area contributed by atoms with E-state index in [-0.39, 0.29) is 11.5 Å². The van der Waals surface area contributed by atoms with E-state index in [1.54, 1.807) is 5.57 Å². The first-order chi connectivity index (χ1) is 15.6. The highest BCUT2D eigenvalue weighted by Gasteiger charge is 2.57. The Kier molecular flexibility index (Phi) is 6.83. The molecule has 2 amide bonds. The van der Waals surface area contributed by atoms with Crippen LogP contribution in [0.1, 0.15) is 69.4 Å². The van der Waals surface area contributed by atoms with Crippen LogP contribution in [0.15, 0.2) is 72.8 Å². The Balaban J connectivity index is 1.81. The van der Waals surface area contributed by atoms with Gasteiger partial charge in [0, 0.05) is 11.5 Å². The Morgan fingerprint density at radius 2 is 1.75 bits per heavy atom. The topological polar surface area (TPSA) is 55.1 Å². The van der Waals surface area contributed by atoms with Gasteiger partial charge in [0.15, 0.2) is 0 Å². The molecule has 3 N–H and O–H groups in total. The number of fused-ring (bicyclic) bond motifs is 1. The van der Waals surface area contributed by atoms with E-state index in [0.717, 1.165) is 25.7 Å². The van der Waals surface area contributed by atoms with Crippen LogP contribution in [0.4, 0.5) is 4.79 Å². The van der Waals surface area contributed by atoms with Gasteiger partial charge in [-0.05, 0) is 60.3 Å². The predicted octanol–water partition coefficient (Wildman–Crippen LogP) is 6.96. The Hall–Kier alpha value is -2.81. The molecule has 1 saturated carbocycles. The summed E-state index contributed by atoms with van der Waals surface area (Å²) in [5.74, 6) is 0.291. The number of rotatable bonds is 9. The van der Waals surface area contributed by atoms with Gasteiger partial charge in [-0.1, -0.05) is 99.0 Å². The summed E-state index contributed by atoms with van der Waals surface area (Å²) in [6, 6.07) is 21.1. The molecule has 0 unspecified atom stereocenters. The number of carbonyl (C=O) groups excluding carboxylic acids is 1. The quantitative estimate of drug-likeness (QED) is 0.417. The van der Waals surface area contributed by atoms with E-state index in [4.69, 9.17) is 12.3 Å². The molecule has 3 atom stereocenters. The zero-order chi connectivity index (χ0) is 22.6. The van der Waals surface area contributed by atoms with Crippen LogP contribution >= 0.6 is 0 Å². The molecule has 0 aromatic heterocycles. The summed E-state index contributed by atoms with van der Waals surface area (Å²) in [5, 5.41) is 3.08. The molecule has 4 rings (SSSR count). The van der Waals surface area contributed by atoms with Crippen LogP contribution in [0.5, 0.6) is 0 Å². The normalized spacial score (nSPS) is 24.4. The molecule has 168 valence electrons. The summed E-state index contributed by atoms with van der Waals surface area (Å²) in [6.45, 7) is 6.95. The number of benzene rings is 2. The Bertz CT molecular complexity index is 979. The van der Waals surface area contributed by atoms with Gasteiger partial charge >= 0.3 is 6.03 Å². The van der Waals surface area contributed by atoms with E-state index in [1.807, 2.05) is 0 Å². The fraction of sp³-hybridized carbons (Fsp3) is 0.414. The molecule has 2 aliphatic carbocycles. The number of primary amides is 1. The minimum Gasteiger partial charge on any atom is -0.352 e. The molecule has 0 heterocycles. The third kappa shape index (κ3) is 4.13. The molecule has 32 heavy (non-hydrogen) atoms. The van der Waals surface area contributed by atoms with Crippen LogP contribution < -0.4 is 11.1 Å². The number of hydrogen-bond acceptors (Lipinski definition) is 1. The fourth-order valence-corrected chi connectivity index (χ4v) is 6.26. The average molecular weight is 429 g/mol. The van der Waals surface area contributed by atoms with Gasteiger partial charge < -0.3 is 11.1 Å². The van der Waals surface area contributed by atoms with E-state index < -0.39 is 6.03 Å². The molecular weight excluding hydrogens is 392 g/mol. The number of hydrogen-bond donors (Lipinski definition) is 2. The van der Waals surface area contributed by atoms with Crippen molar-refractivity contribution in [3.05, 3.63) is 83.9 Å². The lowest BCUT2D eigenvalue weighted by Crippen LogP contribution is -2.43. The van der Waals surface area contributed by atoms with Crippen molar-refractivity contribution >= 4 is 17.2 Å². The zero-order valence-corrected chi connectivity index (χ0v) is 19.3. The molecule has 0 spiro atoms.